The van der Waals surface area contributed by atoms with E-state index in [-0.39, 0.29) is 11.5 Å². The van der Waals surface area contributed by atoms with Crippen molar-refractivity contribution in [2.75, 3.05) is 20.8 Å². The molecule has 138 valence electrons. The van der Waals surface area contributed by atoms with E-state index < -0.39 is 0 Å². The molecule has 2 aliphatic rings. The van der Waals surface area contributed by atoms with Crippen molar-refractivity contribution in [1.82, 2.24) is 10.3 Å². The molecule has 1 aliphatic carbocycles. The maximum Gasteiger partial charge on any atom is 0.119 e. The van der Waals surface area contributed by atoms with Gasteiger partial charge in [-0.2, -0.15) is 0 Å². The predicted molar refractivity (Wildman–Crippen MR) is 106 cm³/mol. The average Bonchev–Trinajstić information content (AvgIpc) is 2.92. The van der Waals surface area contributed by atoms with E-state index in [2.05, 4.69) is 56.6 Å². The molecule has 1 aromatic carbocycles. The van der Waals surface area contributed by atoms with Gasteiger partial charge in [0.05, 0.1) is 13.2 Å². The van der Waals surface area contributed by atoms with Gasteiger partial charge in [0.25, 0.3) is 0 Å². The molecule has 1 unspecified atom stereocenters. The Labute approximate surface area is 163 Å². The molecule has 1 aliphatic heterocycles. The van der Waals surface area contributed by atoms with Crippen LogP contribution < -0.4 is 10.1 Å². The molecule has 0 radical (unpaired) electrons. The Bertz CT molecular complexity index is 797. The van der Waals surface area contributed by atoms with Crippen LogP contribution in [0.1, 0.15) is 35.8 Å². The minimum Gasteiger partial charge on any atom is -0.497 e. The summed E-state index contributed by atoms with van der Waals surface area (Å²) in [5.74, 6) is 0.909. The molecule has 2 aromatic rings. The lowest BCUT2D eigenvalue weighted by atomic mass is 9.71. The largest absolute Gasteiger partial charge is 0.497 e. The van der Waals surface area contributed by atoms with Crippen LogP contribution >= 0.6 is 15.9 Å². The van der Waals surface area contributed by atoms with Gasteiger partial charge in [-0.15, -0.1) is 0 Å². The molecule has 1 N–H and O–H groups in total. The quantitative estimate of drug-likeness (QED) is 0.762. The summed E-state index contributed by atoms with van der Waals surface area (Å²) < 4.78 is 12.4. The number of hydrogen-bond acceptors (Lipinski definition) is 4. The van der Waals surface area contributed by atoms with Gasteiger partial charge in [-0.05, 0) is 77.1 Å². The van der Waals surface area contributed by atoms with E-state index >= 15 is 0 Å². The number of halogens is 1. The van der Waals surface area contributed by atoms with Crippen LogP contribution in [0, 0.1) is 5.41 Å². The monoisotopic (exact) mass is 416 g/mol. The topological polar surface area (TPSA) is 43.4 Å². The zero-order chi connectivity index (χ0) is 18.1. The summed E-state index contributed by atoms with van der Waals surface area (Å²) in [6.07, 6.45) is 4.38. The van der Waals surface area contributed by atoms with Crippen molar-refractivity contribution in [2.24, 2.45) is 5.41 Å². The van der Waals surface area contributed by atoms with Gasteiger partial charge in [0.1, 0.15) is 10.4 Å². The summed E-state index contributed by atoms with van der Waals surface area (Å²) in [6, 6.07) is 13.0. The fourth-order valence-corrected chi connectivity index (χ4v) is 5.21. The molecule has 1 spiro atoms. The highest BCUT2D eigenvalue weighted by molar-refractivity contribution is 9.10. The number of nitrogens with zero attached hydrogens (tertiary/aromatic N) is 1. The van der Waals surface area contributed by atoms with Crippen LogP contribution in [0.3, 0.4) is 0 Å². The Morgan fingerprint density at radius 1 is 1.27 bits per heavy atom. The van der Waals surface area contributed by atoms with Gasteiger partial charge < -0.3 is 14.8 Å². The summed E-state index contributed by atoms with van der Waals surface area (Å²) in [5.41, 5.74) is 3.98. The Balaban J connectivity index is 1.57. The average molecular weight is 417 g/mol. The maximum absolute atomic E-state index is 6.04. The molecule has 1 aromatic heterocycles. The fourth-order valence-electron chi connectivity index (χ4n) is 4.83. The van der Waals surface area contributed by atoms with Crippen LogP contribution in [0.4, 0.5) is 0 Å². The molecule has 5 heteroatoms. The van der Waals surface area contributed by atoms with Gasteiger partial charge in [0, 0.05) is 30.7 Å². The molecule has 1 fully saturated rings. The molecular weight excluding hydrogens is 392 g/mol. The minimum absolute atomic E-state index is 0.132. The van der Waals surface area contributed by atoms with Crippen molar-refractivity contribution < 1.29 is 9.47 Å². The first-order valence-corrected chi connectivity index (χ1v) is 9.97. The van der Waals surface area contributed by atoms with Crippen LogP contribution in [0.5, 0.6) is 5.75 Å². The molecule has 26 heavy (non-hydrogen) atoms. The highest BCUT2D eigenvalue weighted by Gasteiger charge is 2.49. The third-order valence-electron chi connectivity index (χ3n) is 5.91. The van der Waals surface area contributed by atoms with Crippen molar-refractivity contribution >= 4 is 15.9 Å². The number of aromatic nitrogens is 1. The SMILES string of the molecule is COc1ccc2c(c1)[C@H](OC)C1(CCN[C@H](Cc3cccc(Br)n3)C1)C2. The van der Waals surface area contributed by atoms with Gasteiger partial charge in [-0.25, -0.2) is 4.98 Å². The third-order valence-corrected chi connectivity index (χ3v) is 6.35. The van der Waals surface area contributed by atoms with E-state index in [0.717, 1.165) is 48.3 Å². The molecule has 0 saturated carbocycles. The Kier molecular flexibility index (Phi) is 5.04. The summed E-state index contributed by atoms with van der Waals surface area (Å²) in [6.45, 7) is 1.02. The molecule has 0 bridgehead atoms. The third kappa shape index (κ3) is 3.28. The molecule has 4 nitrogen and oxygen atoms in total. The fraction of sp³-hybridized carbons (Fsp3) is 0.476. The molecule has 4 rings (SSSR count). The van der Waals surface area contributed by atoms with Gasteiger partial charge in [0.15, 0.2) is 0 Å². The minimum atomic E-state index is 0.132. The lowest BCUT2D eigenvalue weighted by Crippen LogP contribution is -2.47. The molecule has 3 atom stereocenters. The zero-order valence-corrected chi connectivity index (χ0v) is 16.9. The normalized spacial score (nSPS) is 27.5. The number of pyridine rings is 1. The number of methoxy groups -OCH3 is 2. The van der Waals surface area contributed by atoms with E-state index in [4.69, 9.17) is 9.47 Å². The van der Waals surface area contributed by atoms with E-state index in [9.17, 15) is 0 Å². The van der Waals surface area contributed by atoms with Crippen molar-refractivity contribution in [3.8, 4) is 5.75 Å². The van der Waals surface area contributed by atoms with Gasteiger partial charge >= 0.3 is 0 Å². The van der Waals surface area contributed by atoms with Gasteiger partial charge in [-0.1, -0.05) is 12.1 Å². The Morgan fingerprint density at radius 2 is 2.15 bits per heavy atom. The molecule has 1 saturated heterocycles. The van der Waals surface area contributed by atoms with Crippen molar-refractivity contribution in [3.05, 3.63) is 57.8 Å². The van der Waals surface area contributed by atoms with E-state index in [1.54, 1.807) is 7.11 Å². The smallest absolute Gasteiger partial charge is 0.119 e. The number of benzene rings is 1. The standard InChI is InChI=1S/C21H25BrN2O2/c1-25-17-7-6-14-12-21(20(26-2)18(14)11-17)8-9-23-16(13-21)10-15-4-3-5-19(22)24-15/h3-7,11,16,20,23H,8-10,12-13H2,1-2H3/t16-,20+,21?/m1/s1. The second kappa shape index (κ2) is 7.29. The zero-order valence-electron chi connectivity index (χ0n) is 15.3. The number of ether oxygens (including phenoxy) is 2. The van der Waals surface area contributed by atoms with E-state index in [0.29, 0.717) is 6.04 Å². The first kappa shape index (κ1) is 18.0. The second-order valence-electron chi connectivity index (χ2n) is 7.48. The van der Waals surface area contributed by atoms with Crippen LogP contribution in [0.25, 0.3) is 0 Å². The highest BCUT2D eigenvalue weighted by Crippen LogP contribution is 2.54. The lowest BCUT2D eigenvalue weighted by molar-refractivity contribution is -0.0291. The van der Waals surface area contributed by atoms with Crippen molar-refractivity contribution in [2.45, 2.75) is 37.8 Å². The van der Waals surface area contributed by atoms with Crippen molar-refractivity contribution in [3.63, 3.8) is 0 Å². The predicted octanol–water partition coefficient (Wildman–Crippen LogP) is 4.08. The summed E-state index contributed by atoms with van der Waals surface area (Å²) >= 11 is 3.48. The Hall–Kier alpha value is -1.43. The first-order valence-electron chi connectivity index (χ1n) is 9.18. The Morgan fingerprint density at radius 3 is 2.92 bits per heavy atom. The second-order valence-corrected chi connectivity index (χ2v) is 8.29. The molecular formula is C21H25BrN2O2. The number of rotatable bonds is 4. The number of nitrogens with one attached hydrogen (secondary N) is 1. The number of piperidine rings is 1. The number of hydrogen-bond donors (Lipinski definition) is 1. The number of fused-ring (bicyclic) bond motifs is 1. The van der Waals surface area contributed by atoms with Gasteiger partial charge in [0.2, 0.25) is 0 Å². The molecule has 2 heterocycles. The van der Waals surface area contributed by atoms with Gasteiger partial charge in [-0.3, -0.25) is 0 Å². The highest BCUT2D eigenvalue weighted by atomic mass is 79.9. The molecule has 0 amide bonds. The summed E-state index contributed by atoms with van der Waals surface area (Å²) in [5, 5.41) is 3.70. The summed E-state index contributed by atoms with van der Waals surface area (Å²) in [4.78, 5) is 4.61. The van der Waals surface area contributed by atoms with Crippen molar-refractivity contribution in [1.29, 1.82) is 0 Å². The van der Waals surface area contributed by atoms with Crippen LogP contribution in [-0.4, -0.2) is 31.8 Å². The maximum atomic E-state index is 6.04. The van der Waals surface area contributed by atoms with Crippen LogP contribution in [-0.2, 0) is 17.6 Å². The van der Waals surface area contributed by atoms with E-state index in [1.807, 2.05) is 13.2 Å². The van der Waals surface area contributed by atoms with Crippen LogP contribution in [0.2, 0.25) is 0 Å². The first-order chi connectivity index (χ1) is 12.6. The van der Waals surface area contributed by atoms with Crippen LogP contribution in [0.15, 0.2) is 41.0 Å². The lowest BCUT2D eigenvalue weighted by Gasteiger charge is -2.42. The summed E-state index contributed by atoms with van der Waals surface area (Å²) in [7, 11) is 3.56. The van der Waals surface area contributed by atoms with E-state index in [1.165, 1.54) is 11.1 Å².